The van der Waals surface area contributed by atoms with E-state index in [-0.39, 0.29) is 23.9 Å². The summed E-state index contributed by atoms with van der Waals surface area (Å²) in [6.45, 7) is 0.683. The van der Waals surface area contributed by atoms with E-state index in [0.29, 0.717) is 34.5 Å². The van der Waals surface area contributed by atoms with Crippen LogP contribution in [0.1, 0.15) is 29.6 Å². The number of aromatic nitrogens is 3. The van der Waals surface area contributed by atoms with Crippen LogP contribution in [0.2, 0.25) is 5.02 Å². The van der Waals surface area contributed by atoms with Crippen LogP contribution in [0.15, 0.2) is 73.1 Å². The van der Waals surface area contributed by atoms with E-state index < -0.39 is 0 Å². The Hall–Kier alpha value is -4.21. The number of H-pyrrole nitrogens is 1. The molecule has 2 atom stereocenters. The van der Waals surface area contributed by atoms with E-state index in [0.717, 1.165) is 35.7 Å². The standard InChI is InChI=1S/C30H32ClN7O2/c1-38(2)15-5-8-27(39)34-20-11-9-19(10-12-20)29(40)35-21-13-14-22(16-21)36-30-33-18-25(31)28(37-30)24-17-32-26-7-4-3-6-23(24)26/h3-12,17-18,21-22,32H,13-16H2,1-2H3,(H,34,39)(H,35,40)(H,33,36,37)/b8-5+. The number of para-hydroxylation sites is 1. The molecule has 0 radical (unpaired) electrons. The van der Waals surface area contributed by atoms with Crippen LogP contribution in [0.3, 0.4) is 0 Å². The third-order valence-corrected chi connectivity index (χ3v) is 7.12. The summed E-state index contributed by atoms with van der Waals surface area (Å²) in [6, 6.07) is 15.1. The normalized spacial score (nSPS) is 17.0. The van der Waals surface area contributed by atoms with Gasteiger partial charge in [0.2, 0.25) is 11.9 Å². The first-order chi connectivity index (χ1) is 19.4. The molecule has 5 rings (SSSR count). The highest BCUT2D eigenvalue weighted by Crippen LogP contribution is 2.33. The lowest BCUT2D eigenvalue weighted by Gasteiger charge is -2.15. The number of hydrogen-bond donors (Lipinski definition) is 4. The number of fused-ring (bicyclic) bond motifs is 1. The maximum atomic E-state index is 12.8. The highest BCUT2D eigenvalue weighted by Gasteiger charge is 2.27. The third-order valence-electron chi connectivity index (χ3n) is 6.84. The maximum Gasteiger partial charge on any atom is 0.251 e. The van der Waals surface area contributed by atoms with Crippen molar-refractivity contribution in [1.82, 2.24) is 25.2 Å². The van der Waals surface area contributed by atoms with Crippen LogP contribution in [0, 0.1) is 0 Å². The highest BCUT2D eigenvalue weighted by atomic mass is 35.5. The quantitative estimate of drug-likeness (QED) is 0.213. The molecular weight excluding hydrogens is 526 g/mol. The molecule has 1 aliphatic carbocycles. The largest absolute Gasteiger partial charge is 0.360 e. The number of hydrogen-bond acceptors (Lipinski definition) is 6. The Kier molecular flexibility index (Phi) is 8.42. The fourth-order valence-electron chi connectivity index (χ4n) is 4.85. The van der Waals surface area contributed by atoms with Gasteiger partial charge < -0.3 is 25.8 Å². The van der Waals surface area contributed by atoms with Crippen molar-refractivity contribution in [3.8, 4) is 11.3 Å². The number of benzene rings is 2. The van der Waals surface area contributed by atoms with Gasteiger partial charge in [0.15, 0.2) is 0 Å². The van der Waals surface area contributed by atoms with Crippen molar-refractivity contribution >= 4 is 46.0 Å². The number of likely N-dealkylation sites (N-methyl/N-ethyl adjacent to an activating group) is 1. The zero-order valence-corrected chi connectivity index (χ0v) is 23.2. The van der Waals surface area contributed by atoms with Crippen LogP contribution in [0.4, 0.5) is 11.6 Å². The van der Waals surface area contributed by atoms with Gasteiger partial charge in [-0.05, 0) is 63.7 Å². The molecule has 10 heteroatoms. The molecule has 1 saturated carbocycles. The van der Waals surface area contributed by atoms with Crippen molar-refractivity contribution in [2.75, 3.05) is 31.3 Å². The summed E-state index contributed by atoms with van der Waals surface area (Å²) < 4.78 is 0. The molecular formula is C30H32ClN7O2. The molecule has 2 heterocycles. The van der Waals surface area contributed by atoms with Gasteiger partial charge in [-0.1, -0.05) is 35.9 Å². The van der Waals surface area contributed by atoms with Crippen LogP contribution in [-0.4, -0.2) is 64.4 Å². The number of rotatable bonds is 9. The van der Waals surface area contributed by atoms with Crippen LogP contribution < -0.4 is 16.0 Å². The van der Waals surface area contributed by atoms with E-state index in [4.69, 9.17) is 16.6 Å². The van der Waals surface area contributed by atoms with Crippen molar-refractivity contribution in [3.63, 3.8) is 0 Å². The fourth-order valence-corrected chi connectivity index (χ4v) is 5.04. The Morgan fingerprint density at radius 2 is 1.88 bits per heavy atom. The number of carbonyl (C=O) groups is 2. The first-order valence-corrected chi connectivity index (χ1v) is 13.6. The van der Waals surface area contributed by atoms with Gasteiger partial charge in [0.25, 0.3) is 5.91 Å². The van der Waals surface area contributed by atoms with Crippen molar-refractivity contribution < 1.29 is 9.59 Å². The second-order valence-corrected chi connectivity index (χ2v) is 10.6. The molecule has 4 aromatic rings. The number of carbonyl (C=O) groups excluding carboxylic acids is 2. The monoisotopic (exact) mass is 557 g/mol. The van der Waals surface area contributed by atoms with Gasteiger partial charge in [0.1, 0.15) is 0 Å². The average molecular weight is 558 g/mol. The lowest BCUT2D eigenvalue weighted by atomic mass is 10.1. The van der Waals surface area contributed by atoms with Crippen LogP contribution in [0.5, 0.6) is 0 Å². The minimum absolute atomic E-state index is 0.0339. The highest BCUT2D eigenvalue weighted by molar-refractivity contribution is 6.33. The van der Waals surface area contributed by atoms with E-state index in [1.807, 2.05) is 49.5 Å². The molecule has 40 heavy (non-hydrogen) atoms. The number of amides is 2. The Morgan fingerprint density at radius 1 is 1.10 bits per heavy atom. The third kappa shape index (κ3) is 6.67. The molecule has 2 aromatic heterocycles. The Morgan fingerprint density at radius 3 is 2.67 bits per heavy atom. The second kappa shape index (κ2) is 12.3. The van der Waals surface area contributed by atoms with E-state index in [9.17, 15) is 9.59 Å². The van der Waals surface area contributed by atoms with Crippen molar-refractivity contribution in [1.29, 1.82) is 0 Å². The molecule has 206 valence electrons. The van der Waals surface area contributed by atoms with Gasteiger partial charge in [0, 0.05) is 58.6 Å². The molecule has 1 fully saturated rings. The van der Waals surface area contributed by atoms with Crippen LogP contribution in [-0.2, 0) is 4.79 Å². The average Bonchev–Trinajstić information content (AvgIpc) is 3.56. The number of nitrogens with one attached hydrogen (secondary N) is 4. The molecule has 0 spiro atoms. The van der Waals surface area contributed by atoms with Gasteiger partial charge in [-0.25, -0.2) is 9.97 Å². The lowest BCUT2D eigenvalue weighted by molar-refractivity contribution is -0.111. The summed E-state index contributed by atoms with van der Waals surface area (Å²) in [5, 5.41) is 10.9. The van der Waals surface area contributed by atoms with E-state index in [2.05, 4.69) is 25.9 Å². The Balaban J connectivity index is 1.15. The lowest BCUT2D eigenvalue weighted by Crippen LogP contribution is -2.34. The summed E-state index contributed by atoms with van der Waals surface area (Å²) in [6.07, 6.45) is 9.31. The summed E-state index contributed by atoms with van der Waals surface area (Å²) in [5.41, 5.74) is 3.79. The molecule has 9 nitrogen and oxygen atoms in total. The topological polar surface area (TPSA) is 115 Å². The zero-order chi connectivity index (χ0) is 28.1. The Bertz CT molecular complexity index is 1530. The molecule has 0 bridgehead atoms. The molecule has 0 aliphatic heterocycles. The van der Waals surface area contributed by atoms with Crippen molar-refractivity contribution in [2.24, 2.45) is 0 Å². The summed E-state index contributed by atoms with van der Waals surface area (Å²) in [4.78, 5) is 39.2. The minimum Gasteiger partial charge on any atom is -0.360 e. The van der Waals surface area contributed by atoms with Gasteiger partial charge in [0.05, 0.1) is 16.9 Å². The number of nitrogens with zero attached hydrogens (tertiary/aromatic N) is 3. The molecule has 0 saturated heterocycles. The van der Waals surface area contributed by atoms with Crippen molar-refractivity contribution in [2.45, 2.75) is 31.3 Å². The van der Waals surface area contributed by atoms with Crippen molar-refractivity contribution in [3.05, 3.63) is 83.7 Å². The minimum atomic E-state index is -0.207. The Labute approximate surface area is 238 Å². The van der Waals surface area contributed by atoms with E-state index in [1.165, 1.54) is 6.08 Å². The van der Waals surface area contributed by atoms with Gasteiger partial charge >= 0.3 is 0 Å². The summed E-state index contributed by atoms with van der Waals surface area (Å²) in [7, 11) is 3.87. The number of aromatic amines is 1. The molecule has 2 amide bonds. The van der Waals surface area contributed by atoms with Crippen LogP contribution in [0.25, 0.3) is 22.2 Å². The first-order valence-electron chi connectivity index (χ1n) is 13.2. The predicted octanol–water partition coefficient (Wildman–Crippen LogP) is 5.10. The van der Waals surface area contributed by atoms with Gasteiger partial charge in [-0.2, -0.15) is 0 Å². The second-order valence-electron chi connectivity index (χ2n) is 10.2. The maximum absolute atomic E-state index is 12.8. The fraction of sp³-hybridized carbons (Fsp3) is 0.267. The van der Waals surface area contributed by atoms with Crippen LogP contribution >= 0.6 is 11.6 Å². The zero-order valence-electron chi connectivity index (χ0n) is 22.4. The SMILES string of the molecule is CN(C)C/C=C/C(=O)Nc1ccc(C(=O)NC2CCC(Nc3ncc(Cl)c(-c4c[nH]c5ccccc45)n3)C2)cc1. The summed E-state index contributed by atoms with van der Waals surface area (Å²) >= 11 is 6.47. The number of anilines is 2. The molecule has 2 aromatic carbocycles. The molecule has 2 unspecified atom stereocenters. The summed E-state index contributed by atoms with van der Waals surface area (Å²) in [5.74, 6) is 0.163. The van der Waals surface area contributed by atoms with E-state index >= 15 is 0 Å². The predicted molar refractivity (Wildman–Crippen MR) is 160 cm³/mol. The van der Waals surface area contributed by atoms with E-state index in [1.54, 1.807) is 36.5 Å². The molecule has 4 N–H and O–H groups in total. The van der Waals surface area contributed by atoms with Gasteiger partial charge in [-0.15, -0.1) is 0 Å². The molecule has 1 aliphatic rings. The van der Waals surface area contributed by atoms with Gasteiger partial charge in [-0.3, -0.25) is 9.59 Å². The first kappa shape index (κ1) is 27.4. The smallest absolute Gasteiger partial charge is 0.251 e. The number of halogens is 1.